The van der Waals surface area contributed by atoms with Gasteiger partial charge in [0.15, 0.2) is 0 Å². The second kappa shape index (κ2) is 7.43. The van der Waals surface area contributed by atoms with E-state index < -0.39 is 0 Å². The third kappa shape index (κ3) is 3.66. The fourth-order valence-corrected chi connectivity index (χ4v) is 2.65. The third-order valence-corrected chi connectivity index (χ3v) is 3.55. The van der Waals surface area contributed by atoms with Gasteiger partial charge in [-0.15, -0.1) is 6.58 Å². The number of quaternary nitrogens is 1. The van der Waals surface area contributed by atoms with E-state index in [1.54, 1.807) is 0 Å². The van der Waals surface area contributed by atoms with E-state index in [1.165, 1.54) is 5.56 Å². The molecule has 1 N–H and O–H groups in total. The molecule has 2 rings (SSSR count). The molecular formula is C15H21ClN2O. The van der Waals surface area contributed by atoms with Crippen molar-refractivity contribution in [3.05, 3.63) is 48.6 Å². The average molecular weight is 281 g/mol. The van der Waals surface area contributed by atoms with Crippen LogP contribution in [0.15, 0.2) is 48.0 Å². The van der Waals surface area contributed by atoms with Crippen LogP contribution in [0.4, 0.5) is 0 Å². The van der Waals surface area contributed by atoms with Crippen molar-refractivity contribution >= 4 is 5.84 Å². The zero-order chi connectivity index (χ0) is 12.8. The number of hydrogen-bond donors (Lipinski definition) is 1. The summed E-state index contributed by atoms with van der Waals surface area (Å²) in [5.41, 5.74) is 1.30. The Morgan fingerprint density at radius 1 is 1.32 bits per heavy atom. The second-order valence-electron chi connectivity index (χ2n) is 4.75. The molecule has 0 aromatic heterocycles. The van der Waals surface area contributed by atoms with Gasteiger partial charge in [0.1, 0.15) is 19.6 Å². The summed E-state index contributed by atoms with van der Waals surface area (Å²) in [6.45, 7) is 7.49. The molecule has 0 fully saturated rings. The summed E-state index contributed by atoms with van der Waals surface area (Å²) in [6.07, 6.45) is 2.71. The highest BCUT2D eigenvalue weighted by Gasteiger charge is 2.36. The van der Waals surface area contributed by atoms with Crippen LogP contribution in [0.5, 0.6) is 0 Å². The van der Waals surface area contributed by atoms with E-state index in [9.17, 15) is 5.11 Å². The van der Waals surface area contributed by atoms with Gasteiger partial charge in [0.25, 0.3) is 0 Å². The molecule has 1 unspecified atom stereocenters. The molecule has 0 amide bonds. The molecule has 19 heavy (non-hydrogen) atoms. The monoisotopic (exact) mass is 280 g/mol. The molecule has 0 aliphatic carbocycles. The second-order valence-corrected chi connectivity index (χ2v) is 4.75. The van der Waals surface area contributed by atoms with Crippen LogP contribution in [-0.4, -0.2) is 41.7 Å². The van der Waals surface area contributed by atoms with Crippen molar-refractivity contribution in [1.82, 2.24) is 0 Å². The van der Waals surface area contributed by atoms with E-state index >= 15 is 0 Å². The number of aliphatic imine (C=N–C) groups is 1. The number of rotatable bonds is 6. The van der Waals surface area contributed by atoms with Crippen LogP contribution in [0.25, 0.3) is 0 Å². The molecule has 1 atom stereocenters. The molecule has 0 saturated carbocycles. The van der Waals surface area contributed by atoms with Gasteiger partial charge in [0.05, 0.1) is 19.6 Å². The first-order chi connectivity index (χ1) is 8.80. The number of aliphatic hydroxyl groups is 1. The van der Waals surface area contributed by atoms with Crippen LogP contribution < -0.4 is 12.4 Å². The zero-order valence-electron chi connectivity index (χ0n) is 11.1. The molecule has 1 aliphatic rings. The number of aliphatic hydroxyl groups excluding tert-OH is 1. The summed E-state index contributed by atoms with van der Waals surface area (Å²) in [7, 11) is 0. The molecule has 1 aromatic carbocycles. The van der Waals surface area contributed by atoms with Gasteiger partial charge in [0.2, 0.25) is 5.84 Å². The Kier molecular flexibility index (Phi) is 6.22. The lowest BCUT2D eigenvalue weighted by molar-refractivity contribution is -0.850. The lowest BCUT2D eigenvalue weighted by Gasteiger charge is -2.34. The van der Waals surface area contributed by atoms with Crippen molar-refractivity contribution in [1.29, 1.82) is 0 Å². The first-order valence-electron chi connectivity index (χ1n) is 6.46. The van der Waals surface area contributed by atoms with Gasteiger partial charge in [0, 0.05) is 5.56 Å². The number of benzene rings is 1. The van der Waals surface area contributed by atoms with Gasteiger partial charge in [-0.3, -0.25) is 4.48 Å². The summed E-state index contributed by atoms with van der Waals surface area (Å²) in [5.74, 6) is 1.16. The van der Waals surface area contributed by atoms with Crippen molar-refractivity contribution in [2.24, 2.45) is 4.99 Å². The number of halogens is 1. The fourth-order valence-electron chi connectivity index (χ4n) is 2.65. The number of hydrogen-bond acceptors (Lipinski definition) is 2. The Morgan fingerprint density at radius 2 is 2.05 bits per heavy atom. The van der Waals surface area contributed by atoms with E-state index in [-0.39, 0.29) is 19.0 Å². The highest BCUT2D eigenvalue weighted by atomic mass is 35.5. The van der Waals surface area contributed by atoms with Crippen LogP contribution in [-0.2, 0) is 6.54 Å². The van der Waals surface area contributed by atoms with E-state index in [1.807, 2.05) is 12.1 Å². The van der Waals surface area contributed by atoms with E-state index in [0.717, 1.165) is 42.9 Å². The highest BCUT2D eigenvalue weighted by molar-refractivity contribution is 5.78. The fraction of sp³-hybridized carbons (Fsp3) is 0.400. The molecule has 4 heteroatoms. The van der Waals surface area contributed by atoms with Crippen molar-refractivity contribution in [2.45, 2.75) is 13.0 Å². The van der Waals surface area contributed by atoms with E-state index in [2.05, 4.69) is 35.8 Å². The molecule has 3 nitrogen and oxygen atoms in total. The average Bonchev–Trinajstić information content (AvgIpc) is 2.75. The Balaban J connectivity index is 0.00000180. The van der Waals surface area contributed by atoms with Gasteiger partial charge < -0.3 is 17.5 Å². The molecule has 0 saturated heterocycles. The van der Waals surface area contributed by atoms with Crippen molar-refractivity contribution in [3.63, 3.8) is 0 Å². The van der Waals surface area contributed by atoms with Crippen LogP contribution >= 0.6 is 0 Å². The van der Waals surface area contributed by atoms with Gasteiger partial charge >= 0.3 is 0 Å². The minimum Gasteiger partial charge on any atom is -1.00 e. The predicted octanol–water partition coefficient (Wildman–Crippen LogP) is -1.01. The van der Waals surface area contributed by atoms with Crippen molar-refractivity contribution < 1.29 is 22.0 Å². The Morgan fingerprint density at radius 3 is 2.68 bits per heavy atom. The maximum absolute atomic E-state index is 9.36. The van der Waals surface area contributed by atoms with Crippen LogP contribution in [0, 0.1) is 0 Å². The lowest BCUT2D eigenvalue weighted by Crippen LogP contribution is -3.00. The Labute approximate surface area is 121 Å². The predicted molar refractivity (Wildman–Crippen MR) is 74.3 cm³/mol. The van der Waals surface area contributed by atoms with Crippen molar-refractivity contribution in [3.8, 4) is 0 Å². The lowest BCUT2D eigenvalue weighted by atomic mass is 10.1. The molecule has 1 aromatic rings. The Hall–Kier alpha value is -1.16. The summed E-state index contributed by atoms with van der Waals surface area (Å²) >= 11 is 0. The highest BCUT2D eigenvalue weighted by Crippen LogP contribution is 2.22. The minimum atomic E-state index is 0. The first-order valence-corrected chi connectivity index (χ1v) is 6.46. The van der Waals surface area contributed by atoms with Gasteiger partial charge in [-0.2, -0.15) is 0 Å². The summed E-state index contributed by atoms with van der Waals surface area (Å²) < 4.78 is 0.784. The van der Waals surface area contributed by atoms with Crippen LogP contribution in [0.2, 0.25) is 0 Å². The maximum Gasteiger partial charge on any atom is 0.202 e. The molecule has 0 radical (unpaired) electrons. The van der Waals surface area contributed by atoms with Crippen LogP contribution in [0.3, 0.4) is 0 Å². The van der Waals surface area contributed by atoms with E-state index in [4.69, 9.17) is 0 Å². The number of nitrogens with zero attached hydrogens (tertiary/aromatic N) is 2. The molecule has 1 heterocycles. The Bertz CT molecular complexity index is 433. The smallest absolute Gasteiger partial charge is 0.202 e. The molecular weight excluding hydrogens is 260 g/mol. The summed E-state index contributed by atoms with van der Waals surface area (Å²) in [5, 5.41) is 9.36. The normalized spacial score (nSPS) is 21.6. The first kappa shape index (κ1) is 15.9. The molecule has 0 spiro atoms. The standard InChI is InChI=1S/C15H21N2O.ClH/c1-2-6-15-16-9-10-17(15,11-12-18)13-14-7-4-3-5-8-14;/h2-5,7-8,18H,1,6,9-13H2;1H/q+1;/p-1. The zero-order valence-corrected chi connectivity index (χ0v) is 11.9. The molecule has 1 aliphatic heterocycles. The topological polar surface area (TPSA) is 32.6 Å². The quantitative estimate of drug-likeness (QED) is 0.526. The molecule has 104 valence electrons. The largest absolute Gasteiger partial charge is 1.00 e. The summed E-state index contributed by atoms with van der Waals surface area (Å²) in [6, 6.07) is 10.4. The van der Waals surface area contributed by atoms with Crippen LogP contribution in [0.1, 0.15) is 12.0 Å². The van der Waals surface area contributed by atoms with Gasteiger partial charge in [-0.1, -0.05) is 36.4 Å². The van der Waals surface area contributed by atoms with Crippen molar-refractivity contribution in [2.75, 3.05) is 26.2 Å². The van der Waals surface area contributed by atoms with Gasteiger partial charge in [-0.05, 0) is 0 Å². The SMILES string of the molecule is C=CCC1=NCC[N+]1(CCO)Cc1ccccc1.[Cl-]. The molecule has 0 bridgehead atoms. The maximum atomic E-state index is 9.36. The van der Waals surface area contributed by atoms with E-state index in [0.29, 0.717) is 0 Å². The summed E-state index contributed by atoms with van der Waals surface area (Å²) in [4.78, 5) is 4.60. The minimum absolute atomic E-state index is 0. The number of amidine groups is 1. The van der Waals surface area contributed by atoms with Gasteiger partial charge in [-0.25, -0.2) is 4.99 Å². The third-order valence-electron chi connectivity index (χ3n) is 3.55.